The maximum absolute atomic E-state index is 12.5. The molecule has 2 aromatic heterocycles. The van der Waals surface area contributed by atoms with Crippen LogP contribution in [0.3, 0.4) is 0 Å². The van der Waals surface area contributed by atoms with Crippen molar-refractivity contribution >= 4 is 23.4 Å². The Kier molecular flexibility index (Phi) is 5.14. The number of hydrogen-bond acceptors (Lipinski definition) is 5. The van der Waals surface area contributed by atoms with E-state index in [1.807, 2.05) is 61.9 Å². The fourth-order valence-electron chi connectivity index (χ4n) is 2.32. The molecule has 0 saturated heterocycles. The van der Waals surface area contributed by atoms with Crippen LogP contribution in [0.25, 0.3) is 11.4 Å². The van der Waals surface area contributed by atoms with Crippen molar-refractivity contribution in [3.63, 3.8) is 0 Å². The highest BCUT2D eigenvalue weighted by atomic mass is 32.2. The molecule has 0 bridgehead atoms. The van der Waals surface area contributed by atoms with Crippen LogP contribution in [0.1, 0.15) is 12.5 Å². The Labute approximate surface area is 150 Å². The van der Waals surface area contributed by atoms with Crippen molar-refractivity contribution in [1.29, 1.82) is 0 Å². The molecule has 25 heavy (non-hydrogen) atoms. The van der Waals surface area contributed by atoms with Gasteiger partial charge in [-0.1, -0.05) is 30.0 Å². The van der Waals surface area contributed by atoms with Gasteiger partial charge in [-0.05, 0) is 37.6 Å². The number of anilines is 1. The van der Waals surface area contributed by atoms with Crippen LogP contribution in [-0.4, -0.2) is 30.9 Å². The van der Waals surface area contributed by atoms with Gasteiger partial charge in [0.2, 0.25) is 5.91 Å². The van der Waals surface area contributed by atoms with Gasteiger partial charge < -0.3 is 9.88 Å². The monoisotopic (exact) mass is 353 g/mol. The quantitative estimate of drug-likeness (QED) is 0.713. The van der Waals surface area contributed by atoms with E-state index < -0.39 is 0 Å². The van der Waals surface area contributed by atoms with E-state index in [-0.39, 0.29) is 11.2 Å². The number of nitrogens with one attached hydrogen (secondary N) is 1. The number of rotatable bonds is 5. The van der Waals surface area contributed by atoms with Gasteiger partial charge in [-0.2, -0.15) is 0 Å². The second-order valence-corrected chi connectivity index (χ2v) is 6.98. The molecule has 0 aliphatic heterocycles. The number of para-hydroxylation sites is 1. The Bertz CT molecular complexity index is 878. The van der Waals surface area contributed by atoms with Crippen LogP contribution in [0, 0.1) is 6.92 Å². The van der Waals surface area contributed by atoms with Crippen LogP contribution in [0.15, 0.2) is 53.9 Å². The lowest BCUT2D eigenvalue weighted by atomic mass is 10.2. The highest BCUT2D eigenvalue weighted by Gasteiger charge is 2.19. The number of nitrogens with zero attached hydrogens (tertiary/aromatic N) is 4. The summed E-state index contributed by atoms with van der Waals surface area (Å²) in [5.41, 5.74) is 2.75. The van der Waals surface area contributed by atoms with Crippen molar-refractivity contribution in [1.82, 2.24) is 19.7 Å². The van der Waals surface area contributed by atoms with E-state index in [0.717, 1.165) is 22.6 Å². The molecule has 0 radical (unpaired) electrons. The summed E-state index contributed by atoms with van der Waals surface area (Å²) >= 11 is 1.38. The van der Waals surface area contributed by atoms with Crippen molar-refractivity contribution < 1.29 is 4.79 Å². The largest absolute Gasteiger partial charge is 0.325 e. The molecule has 7 heteroatoms. The number of carbonyl (C=O) groups excluding carboxylic acids is 1. The number of thioether (sulfide) groups is 1. The highest BCUT2D eigenvalue weighted by Crippen LogP contribution is 2.26. The van der Waals surface area contributed by atoms with Gasteiger partial charge in [-0.3, -0.25) is 9.78 Å². The Hall–Kier alpha value is -2.67. The average molecular weight is 353 g/mol. The fraction of sp³-hybridized carbons (Fsp3) is 0.222. The number of carbonyl (C=O) groups is 1. The van der Waals surface area contributed by atoms with E-state index in [0.29, 0.717) is 5.16 Å². The summed E-state index contributed by atoms with van der Waals surface area (Å²) in [5, 5.41) is 11.8. The summed E-state index contributed by atoms with van der Waals surface area (Å²) in [5.74, 6) is 0.660. The number of aromatic nitrogens is 4. The van der Waals surface area contributed by atoms with Crippen molar-refractivity contribution in [3.05, 3.63) is 54.4 Å². The first-order valence-electron chi connectivity index (χ1n) is 7.89. The van der Waals surface area contributed by atoms with Crippen molar-refractivity contribution in [2.24, 2.45) is 7.05 Å². The smallest absolute Gasteiger partial charge is 0.237 e. The van der Waals surface area contributed by atoms with Gasteiger partial charge in [0, 0.05) is 30.7 Å². The molecule has 0 aliphatic rings. The standard InChI is InChI=1S/C18H19N5OS/c1-12-7-4-5-9-15(12)20-17(24)13(2)25-18-22-21-16(23(18)3)14-8-6-10-19-11-14/h4-11,13H,1-3H3,(H,20,24). The third kappa shape index (κ3) is 3.88. The van der Waals surface area contributed by atoms with Gasteiger partial charge >= 0.3 is 0 Å². The predicted molar refractivity (Wildman–Crippen MR) is 99.4 cm³/mol. The van der Waals surface area contributed by atoms with Crippen LogP contribution in [-0.2, 0) is 11.8 Å². The lowest BCUT2D eigenvalue weighted by molar-refractivity contribution is -0.115. The summed E-state index contributed by atoms with van der Waals surface area (Å²) < 4.78 is 1.87. The molecule has 1 N–H and O–H groups in total. The van der Waals surface area contributed by atoms with Gasteiger partial charge in [0.15, 0.2) is 11.0 Å². The summed E-state index contributed by atoms with van der Waals surface area (Å²) in [4.78, 5) is 16.6. The zero-order chi connectivity index (χ0) is 17.8. The molecular weight excluding hydrogens is 334 g/mol. The van der Waals surface area contributed by atoms with Crippen molar-refractivity contribution in [3.8, 4) is 11.4 Å². The SMILES string of the molecule is Cc1ccccc1NC(=O)C(C)Sc1nnc(-c2cccnc2)n1C. The van der Waals surface area contributed by atoms with Gasteiger partial charge in [-0.25, -0.2) is 0 Å². The molecule has 0 spiro atoms. The van der Waals surface area contributed by atoms with Gasteiger partial charge in [0.25, 0.3) is 0 Å². The Morgan fingerprint density at radius 1 is 1.20 bits per heavy atom. The Balaban J connectivity index is 1.71. The second kappa shape index (κ2) is 7.48. The zero-order valence-electron chi connectivity index (χ0n) is 14.3. The highest BCUT2D eigenvalue weighted by molar-refractivity contribution is 8.00. The van der Waals surface area contributed by atoms with E-state index in [1.54, 1.807) is 12.4 Å². The molecule has 1 atom stereocenters. The number of aryl methyl sites for hydroxylation is 1. The number of amides is 1. The van der Waals surface area contributed by atoms with Gasteiger partial charge in [0.05, 0.1) is 5.25 Å². The minimum Gasteiger partial charge on any atom is -0.325 e. The van der Waals surface area contributed by atoms with E-state index in [2.05, 4.69) is 20.5 Å². The summed E-state index contributed by atoms with van der Waals surface area (Å²) in [6.45, 7) is 3.83. The topological polar surface area (TPSA) is 72.7 Å². The van der Waals surface area contributed by atoms with E-state index in [4.69, 9.17) is 0 Å². The summed E-state index contributed by atoms with van der Waals surface area (Å²) in [6, 6.07) is 11.5. The van der Waals surface area contributed by atoms with Crippen molar-refractivity contribution in [2.75, 3.05) is 5.32 Å². The first-order valence-corrected chi connectivity index (χ1v) is 8.77. The third-order valence-electron chi connectivity index (χ3n) is 3.81. The van der Waals surface area contributed by atoms with Crippen LogP contribution in [0.2, 0.25) is 0 Å². The molecule has 3 aromatic rings. The Morgan fingerprint density at radius 2 is 2.00 bits per heavy atom. The maximum Gasteiger partial charge on any atom is 0.237 e. The minimum absolute atomic E-state index is 0.0646. The lowest BCUT2D eigenvalue weighted by Crippen LogP contribution is -2.23. The van der Waals surface area contributed by atoms with Crippen molar-refractivity contribution in [2.45, 2.75) is 24.3 Å². The predicted octanol–water partition coefficient (Wildman–Crippen LogP) is 3.30. The van der Waals surface area contributed by atoms with Crippen LogP contribution >= 0.6 is 11.8 Å². The van der Waals surface area contributed by atoms with Crippen LogP contribution in [0.5, 0.6) is 0 Å². The molecular formula is C18H19N5OS. The molecule has 1 unspecified atom stereocenters. The third-order valence-corrected chi connectivity index (χ3v) is 4.94. The molecule has 6 nitrogen and oxygen atoms in total. The molecule has 1 aromatic carbocycles. The van der Waals surface area contributed by atoms with Gasteiger partial charge in [-0.15, -0.1) is 10.2 Å². The first-order chi connectivity index (χ1) is 12.1. The zero-order valence-corrected chi connectivity index (χ0v) is 15.1. The lowest BCUT2D eigenvalue weighted by Gasteiger charge is -2.13. The summed E-state index contributed by atoms with van der Waals surface area (Å²) in [6.07, 6.45) is 3.46. The van der Waals surface area contributed by atoms with E-state index >= 15 is 0 Å². The summed E-state index contributed by atoms with van der Waals surface area (Å²) in [7, 11) is 1.89. The molecule has 128 valence electrons. The minimum atomic E-state index is -0.302. The number of hydrogen-bond donors (Lipinski definition) is 1. The van der Waals surface area contributed by atoms with Crippen LogP contribution < -0.4 is 5.32 Å². The molecule has 3 rings (SSSR count). The van der Waals surface area contributed by atoms with E-state index in [1.165, 1.54) is 11.8 Å². The molecule has 0 aliphatic carbocycles. The number of benzene rings is 1. The number of pyridine rings is 1. The maximum atomic E-state index is 12.5. The molecule has 1 amide bonds. The normalized spacial score (nSPS) is 12.0. The molecule has 2 heterocycles. The van der Waals surface area contributed by atoms with E-state index in [9.17, 15) is 4.79 Å². The second-order valence-electron chi connectivity index (χ2n) is 5.67. The Morgan fingerprint density at radius 3 is 2.72 bits per heavy atom. The average Bonchev–Trinajstić information content (AvgIpc) is 2.98. The van der Waals surface area contributed by atoms with Crippen LogP contribution in [0.4, 0.5) is 5.69 Å². The molecule has 0 fully saturated rings. The molecule has 0 saturated carbocycles. The first kappa shape index (κ1) is 17.2. The fourth-order valence-corrected chi connectivity index (χ4v) is 3.14. The van der Waals surface area contributed by atoms with Gasteiger partial charge in [0.1, 0.15) is 0 Å².